The fourth-order valence-corrected chi connectivity index (χ4v) is 5.82. The Bertz CT molecular complexity index is 1030. The minimum absolute atomic E-state index is 0.0203. The number of benzene rings is 2. The molecule has 1 atom stereocenters. The van der Waals surface area contributed by atoms with E-state index in [2.05, 4.69) is 0 Å². The molecule has 26 heavy (non-hydrogen) atoms. The fraction of sp³-hybridized carbons (Fsp3) is 0.421. The molecule has 2 aliphatic rings. The molecule has 1 fully saturated rings. The molecule has 4 rings (SSSR count). The summed E-state index contributed by atoms with van der Waals surface area (Å²) in [7, 11) is -1.97. The normalized spacial score (nSPS) is 23.0. The summed E-state index contributed by atoms with van der Waals surface area (Å²) >= 11 is 0. The van der Waals surface area contributed by atoms with E-state index >= 15 is 0 Å². The van der Waals surface area contributed by atoms with Gasteiger partial charge in [0.05, 0.1) is 10.6 Å². The molecule has 0 spiro atoms. The van der Waals surface area contributed by atoms with Crippen molar-refractivity contribution in [2.45, 2.75) is 31.2 Å². The van der Waals surface area contributed by atoms with Gasteiger partial charge in [-0.2, -0.15) is 4.31 Å². The van der Waals surface area contributed by atoms with E-state index < -0.39 is 10.0 Å². The van der Waals surface area contributed by atoms with E-state index in [1.54, 1.807) is 42.3 Å². The minimum Gasteiger partial charge on any atom is -0.327 e. The van der Waals surface area contributed by atoms with Crippen LogP contribution in [-0.4, -0.2) is 44.8 Å². The summed E-state index contributed by atoms with van der Waals surface area (Å²) in [4.78, 5) is 14.2. The second-order valence-electron chi connectivity index (χ2n) is 7.90. The molecule has 0 aromatic heterocycles. The number of anilines is 1. The van der Waals surface area contributed by atoms with Gasteiger partial charge in [-0.1, -0.05) is 26.0 Å². The highest BCUT2D eigenvalue weighted by molar-refractivity contribution is 7.89. The number of sulfonamides is 1. The Morgan fingerprint density at radius 1 is 1.19 bits per heavy atom. The summed E-state index contributed by atoms with van der Waals surface area (Å²) in [5.74, 6) is -0.106. The summed E-state index contributed by atoms with van der Waals surface area (Å²) in [6.45, 7) is 4.80. The van der Waals surface area contributed by atoms with Crippen LogP contribution in [0.4, 0.5) is 5.69 Å². The lowest BCUT2D eigenvalue weighted by molar-refractivity contribution is 0.0999. The quantitative estimate of drug-likeness (QED) is 0.874. The van der Waals surface area contributed by atoms with Gasteiger partial charge in [0.1, 0.15) is 0 Å². The molecule has 2 N–H and O–H groups in total. The molecule has 2 aromatic carbocycles. The average Bonchev–Trinajstić information content (AvgIpc) is 2.84. The van der Waals surface area contributed by atoms with Crippen LogP contribution in [0.25, 0.3) is 10.8 Å². The Kier molecular flexibility index (Phi) is 3.70. The third-order valence-corrected chi connectivity index (χ3v) is 7.67. The highest BCUT2D eigenvalue weighted by Gasteiger charge is 2.40. The van der Waals surface area contributed by atoms with E-state index in [1.807, 2.05) is 13.8 Å². The van der Waals surface area contributed by atoms with Crippen molar-refractivity contribution in [3.8, 4) is 0 Å². The first-order valence-electron chi connectivity index (χ1n) is 8.74. The standard InChI is InChI=1S/C19H23N3O3S/c1-19(2)11-22(10-9-16(19)20)26(24,25)15-8-7-14-17-12(15)5-4-6-13(17)18(23)21(14)3/h4-8,16H,9-11,20H2,1-3H3. The fourth-order valence-electron chi connectivity index (χ4n) is 4.00. The molecule has 7 heteroatoms. The van der Waals surface area contributed by atoms with E-state index in [-0.39, 0.29) is 22.3 Å². The number of amides is 1. The van der Waals surface area contributed by atoms with E-state index in [9.17, 15) is 13.2 Å². The van der Waals surface area contributed by atoms with Crippen molar-refractivity contribution in [2.24, 2.45) is 11.1 Å². The monoisotopic (exact) mass is 373 g/mol. The molecule has 1 unspecified atom stereocenters. The molecule has 2 aromatic rings. The van der Waals surface area contributed by atoms with E-state index in [0.717, 1.165) is 5.69 Å². The zero-order valence-corrected chi connectivity index (χ0v) is 16.0. The lowest BCUT2D eigenvalue weighted by Crippen LogP contribution is -2.53. The maximum atomic E-state index is 13.4. The molecule has 6 nitrogen and oxygen atoms in total. The molecule has 2 aliphatic heterocycles. The minimum atomic E-state index is -3.68. The molecule has 0 radical (unpaired) electrons. The first-order valence-corrected chi connectivity index (χ1v) is 10.2. The summed E-state index contributed by atoms with van der Waals surface area (Å²) in [6, 6.07) is 8.60. The van der Waals surface area contributed by atoms with Crippen LogP contribution in [0.3, 0.4) is 0 Å². The molecule has 0 saturated carbocycles. The van der Waals surface area contributed by atoms with Gasteiger partial charge in [-0.05, 0) is 30.0 Å². The number of carbonyl (C=O) groups is 1. The summed E-state index contributed by atoms with van der Waals surface area (Å²) in [5, 5.41) is 1.32. The maximum Gasteiger partial charge on any atom is 0.258 e. The van der Waals surface area contributed by atoms with Crippen LogP contribution in [0.5, 0.6) is 0 Å². The van der Waals surface area contributed by atoms with Crippen LogP contribution in [-0.2, 0) is 10.0 Å². The van der Waals surface area contributed by atoms with Crippen molar-refractivity contribution in [1.82, 2.24) is 4.31 Å². The largest absolute Gasteiger partial charge is 0.327 e. The van der Waals surface area contributed by atoms with Crippen LogP contribution in [0.1, 0.15) is 30.6 Å². The van der Waals surface area contributed by atoms with Gasteiger partial charge in [-0.25, -0.2) is 8.42 Å². The predicted octanol–water partition coefficient (Wildman–Crippen LogP) is 2.18. The molecule has 0 bridgehead atoms. The first kappa shape index (κ1) is 17.5. The number of nitrogens with two attached hydrogens (primary N) is 1. The number of nitrogens with zero attached hydrogens (tertiary/aromatic N) is 2. The molecule has 138 valence electrons. The summed E-state index contributed by atoms with van der Waals surface area (Å²) < 4.78 is 28.3. The van der Waals surface area contributed by atoms with Gasteiger partial charge in [-0.3, -0.25) is 4.79 Å². The van der Waals surface area contributed by atoms with Crippen LogP contribution in [0, 0.1) is 5.41 Å². The number of rotatable bonds is 2. The summed E-state index contributed by atoms with van der Waals surface area (Å²) in [6.07, 6.45) is 0.634. The Balaban J connectivity index is 1.87. The second-order valence-corrected chi connectivity index (χ2v) is 9.80. The third kappa shape index (κ3) is 2.31. The Hall–Kier alpha value is -1.96. The number of hydrogen-bond donors (Lipinski definition) is 1. The highest BCUT2D eigenvalue weighted by atomic mass is 32.2. The van der Waals surface area contributed by atoms with Gasteiger partial charge in [0.15, 0.2) is 0 Å². The smallest absolute Gasteiger partial charge is 0.258 e. The van der Waals surface area contributed by atoms with Crippen molar-refractivity contribution in [3.63, 3.8) is 0 Å². The van der Waals surface area contributed by atoms with E-state index in [4.69, 9.17) is 5.73 Å². The first-order chi connectivity index (χ1) is 12.1. The predicted molar refractivity (Wildman–Crippen MR) is 102 cm³/mol. The number of hydrogen-bond acceptors (Lipinski definition) is 4. The maximum absolute atomic E-state index is 13.4. The van der Waals surface area contributed by atoms with Crippen molar-refractivity contribution in [1.29, 1.82) is 0 Å². The highest BCUT2D eigenvalue weighted by Crippen LogP contribution is 2.41. The van der Waals surface area contributed by atoms with E-state index in [0.29, 0.717) is 35.8 Å². The molecular formula is C19H23N3O3S. The molecule has 1 saturated heterocycles. The number of carbonyl (C=O) groups excluding carboxylic acids is 1. The molecule has 2 heterocycles. The van der Waals surface area contributed by atoms with Crippen molar-refractivity contribution in [3.05, 3.63) is 35.9 Å². The Morgan fingerprint density at radius 3 is 2.62 bits per heavy atom. The topological polar surface area (TPSA) is 83.7 Å². The molecule has 0 aliphatic carbocycles. The van der Waals surface area contributed by atoms with Crippen LogP contribution in [0.15, 0.2) is 35.2 Å². The Labute approximate surface area is 153 Å². The van der Waals surface area contributed by atoms with Crippen LogP contribution >= 0.6 is 0 Å². The average molecular weight is 373 g/mol. The van der Waals surface area contributed by atoms with Gasteiger partial charge >= 0.3 is 0 Å². The van der Waals surface area contributed by atoms with Gasteiger partial charge in [-0.15, -0.1) is 0 Å². The van der Waals surface area contributed by atoms with Crippen molar-refractivity contribution in [2.75, 3.05) is 25.0 Å². The molecule has 1 amide bonds. The van der Waals surface area contributed by atoms with E-state index in [1.165, 1.54) is 4.31 Å². The molecular weight excluding hydrogens is 350 g/mol. The summed E-state index contributed by atoms with van der Waals surface area (Å²) in [5.41, 5.74) is 7.18. The second kappa shape index (κ2) is 5.52. The van der Waals surface area contributed by atoms with Crippen molar-refractivity contribution >= 4 is 32.4 Å². The van der Waals surface area contributed by atoms with Gasteiger partial charge in [0.2, 0.25) is 10.0 Å². The van der Waals surface area contributed by atoms with Gasteiger partial charge < -0.3 is 10.6 Å². The SMILES string of the molecule is CN1C(=O)c2cccc3c(S(=O)(=O)N4CCC(N)C(C)(C)C4)ccc1c23. The van der Waals surface area contributed by atoms with Gasteiger partial charge in [0.25, 0.3) is 5.91 Å². The third-order valence-electron chi connectivity index (χ3n) is 5.77. The lowest BCUT2D eigenvalue weighted by Gasteiger charge is -2.41. The zero-order valence-electron chi connectivity index (χ0n) is 15.2. The van der Waals surface area contributed by atoms with Crippen LogP contribution < -0.4 is 10.6 Å². The van der Waals surface area contributed by atoms with Gasteiger partial charge in [0, 0.05) is 42.5 Å². The number of piperidine rings is 1. The lowest BCUT2D eigenvalue weighted by atomic mass is 9.81. The van der Waals surface area contributed by atoms with Crippen LogP contribution in [0.2, 0.25) is 0 Å². The zero-order chi connectivity index (χ0) is 18.9. The van der Waals surface area contributed by atoms with Crippen molar-refractivity contribution < 1.29 is 13.2 Å². The Morgan fingerprint density at radius 2 is 1.92 bits per heavy atom.